The lowest BCUT2D eigenvalue weighted by Gasteiger charge is -2.13. The number of hydrogen-bond donors (Lipinski definition) is 2. The van der Waals surface area contributed by atoms with Gasteiger partial charge in [0.15, 0.2) is 5.43 Å². The molecule has 0 aliphatic heterocycles. The third-order valence-corrected chi connectivity index (χ3v) is 4.64. The molecule has 4 aromatic rings. The maximum atomic E-state index is 15.0. The van der Waals surface area contributed by atoms with Gasteiger partial charge in [0.2, 0.25) is 0 Å². The van der Waals surface area contributed by atoms with E-state index in [4.69, 9.17) is 0 Å². The number of nitrogens with one attached hydrogen (secondary N) is 2. The number of pyridine rings is 3. The molecular weight excluding hydrogens is 369 g/mol. The summed E-state index contributed by atoms with van der Waals surface area (Å²) in [4.78, 5) is 24.3. The number of benzene rings is 1. The van der Waals surface area contributed by atoms with Crippen molar-refractivity contribution in [1.29, 1.82) is 5.26 Å². The molecule has 0 aliphatic rings. The molecule has 0 fully saturated rings. The zero-order chi connectivity index (χ0) is 20.5. The molecule has 2 N–H and O–H groups in total. The van der Waals surface area contributed by atoms with E-state index < -0.39 is 5.82 Å². The van der Waals surface area contributed by atoms with Gasteiger partial charge in [0.05, 0.1) is 16.6 Å². The average Bonchev–Trinajstić information content (AvgIpc) is 2.73. The van der Waals surface area contributed by atoms with E-state index in [9.17, 15) is 14.4 Å². The standard InChI is InChI=1S/C22H16FN5O/c1-12-8-14(9-19(25-2)27-12)16-10-17-18(29)6-7-26-22(17)28-21(16)15-5-3-4-13(11-24)20(15)23/h3-10H,1-2H3,(H,25,27)(H,26,28,29). The Labute approximate surface area is 165 Å². The third kappa shape index (κ3) is 3.21. The highest BCUT2D eigenvalue weighted by atomic mass is 19.1. The lowest BCUT2D eigenvalue weighted by molar-refractivity contribution is 0.627. The van der Waals surface area contributed by atoms with Crippen LogP contribution in [0.25, 0.3) is 33.4 Å². The van der Waals surface area contributed by atoms with Gasteiger partial charge in [0.1, 0.15) is 23.4 Å². The molecule has 0 unspecified atom stereocenters. The summed E-state index contributed by atoms with van der Waals surface area (Å²) < 4.78 is 15.0. The van der Waals surface area contributed by atoms with Crippen LogP contribution in [0.2, 0.25) is 0 Å². The number of aromatic amines is 1. The second-order valence-electron chi connectivity index (χ2n) is 6.53. The van der Waals surface area contributed by atoms with E-state index in [1.54, 1.807) is 25.2 Å². The third-order valence-electron chi connectivity index (χ3n) is 4.64. The minimum Gasteiger partial charge on any atom is -0.373 e. The summed E-state index contributed by atoms with van der Waals surface area (Å²) >= 11 is 0. The van der Waals surface area contributed by atoms with Crippen LogP contribution in [-0.4, -0.2) is 22.0 Å². The number of halogens is 1. The average molecular weight is 385 g/mol. The summed E-state index contributed by atoms with van der Waals surface area (Å²) in [6, 6.07) is 13.2. The van der Waals surface area contributed by atoms with Gasteiger partial charge in [0.25, 0.3) is 0 Å². The smallest absolute Gasteiger partial charge is 0.191 e. The predicted octanol–water partition coefficient (Wildman–Crippen LogP) is 4.01. The quantitative estimate of drug-likeness (QED) is 0.556. The van der Waals surface area contributed by atoms with Gasteiger partial charge in [-0.2, -0.15) is 5.26 Å². The molecule has 0 bridgehead atoms. The molecule has 0 saturated heterocycles. The molecule has 6 nitrogen and oxygen atoms in total. The molecule has 0 aliphatic carbocycles. The highest BCUT2D eigenvalue weighted by molar-refractivity contribution is 5.90. The van der Waals surface area contributed by atoms with Crippen molar-refractivity contribution < 1.29 is 4.39 Å². The number of hydrogen-bond acceptors (Lipinski definition) is 5. The Hall–Kier alpha value is -4.05. The van der Waals surface area contributed by atoms with Crippen LogP contribution in [0, 0.1) is 24.1 Å². The number of rotatable bonds is 3. The van der Waals surface area contributed by atoms with Crippen molar-refractivity contribution in [2.45, 2.75) is 6.92 Å². The maximum absolute atomic E-state index is 15.0. The van der Waals surface area contributed by atoms with Crippen LogP contribution >= 0.6 is 0 Å². The number of fused-ring (bicyclic) bond motifs is 1. The SMILES string of the molecule is CNc1cc(-c2cc3c(=O)cc[nH]c3nc2-c2cccc(C#N)c2F)cc(C)n1. The number of aromatic nitrogens is 3. The first kappa shape index (κ1) is 18.3. The molecule has 0 atom stereocenters. The van der Waals surface area contributed by atoms with Gasteiger partial charge in [-0.1, -0.05) is 6.07 Å². The number of nitriles is 1. The summed E-state index contributed by atoms with van der Waals surface area (Å²) in [6.07, 6.45) is 1.50. The lowest BCUT2D eigenvalue weighted by atomic mass is 9.96. The summed E-state index contributed by atoms with van der Waals surface area (Å²) in [5.41, 5.74) is 2.67. The molecule has 3 heterocycles. The van der Waals surface area contributed by atoms with Gasteiger partial charge in [-0.05, 0) is 42.8 Å². The molecule has 3 aromatic heterocycles. The van der Waals surface area contributed by atoms with Gasteiger partial charge in [0, 0.05) is 36.1 Å². The first-order valence-corrected chi connectivity index (χ1v) is 8.90. The zero-order valence-corrected chi connectivity index (χ0v) is 15.7. The van der Waals surface area contributed by atoms with E-state index >= 15 is 0 Å². The predicted molar refractivity (Wildman–Crippen MR) is 110 cm³/mol. The van der Waals surface area contributed by atoms with Gasteiger partial charge in [-0.3, -0.25) is 4.79 Å². The van der Waals surface area contributed by atoms with Crippen molar-refractivity contribution in [2.24, 2.45) is 0 Å². The minimum atomic E-state index is -0.652. The van der Waals surface area contributed by atoms with Crippen LogP contribution in [-0.2, 0) is 0 Å². The molecule has 0 radical (unpaired) electrons. The molecule has 0 saturated carbocycles. The largest absolute Gasteiger partial charge is 0.373 e. The van der Waals surface area contributed by atoms with Crippen molar-refractivity contribution in [3.05, 3.63) is 76.0 Å². The molecule has 29 heavy (non-hydrogen) atoms. The summed E-state index contributed by atoms with van der Waals surface area (Å²) in [5.74, 6) is -0.0136. The molecule has 0 spiro atoms. The molecule has 142 valence electrons. The van der Waals surface area contributed by atoms with Crippen molar-refractivity contribution in [3.63, 3.8) is 0 Å². The number of nitrogens with zero attached hydrogens (tertiary/aromatic N) is 3. The van der Waals surface area contributed by atoms with Crippen LogP contribution in [0.3, 0.4) is 0 Å². The highest BCUT2D eigenvalue weighted by Crippen LogP contribution is 2.35. The van der Waals surface area contributed by atoms with Crippen molar-refractivity contribution >= 4 is 16.9 Å². The molecular formula is C22H16FN5O. The molecule has 4 rings (SSSR count). The monoisotopic (exact) mass is 385 g/mol. The summed E-state index contributed by atoms with van der Waals surface area (Å²) in [7, 11) is 1.76. The van der Waals surface area contributed by atoms with Crippen molar-refractivity contribution in [1.82, 2.24) is 15.0 Å². The van der Waals surface area contributed by atoms with Gasteiger partial charge < -0.3 is 10.3 Å². The maximum Gasteiger partial charge on any atom is 0.191 e. The number of anilines is 1. The van der Waals surface area contributed by atoms with E-state index in [0.717, 1.165) is 11.3 Å². The van der Waals surface area contributed by atoms with Gasteiger partial charge in [-0.15, -0.1) is 0 Å². The Kier molecular flexibility index (Phi) is 4.53. The first-order valence-electron chi connectivity index (χ1n) is 8.90. The molecule has 7 heteroatoms. The van der Waals surface area contributed by atoms with Crippen LogP contribution in [0.5, 0.6) is 0 Å². The Morgan fingerprint density at radius 2 is 1.97 bits per heavy atom. The second-order valence-corrected chi connectivity index (χ2v) is 6.53. The van der Waals surface area contributed by atoms with E-state index in [1.165, 1.54) is 18.3 Å². The number of aryl methyl sites for hydroxylation is 1. The Morgan fingerprint density at radius 1 is 1.14 bits per heavy atom. The zero-order valence-electron chi connectivity index (χ0n) is 15.7. The highest BCUT2D eigenvalue weighted by Gasteiger charge is 2.18. The van der Waals surface area contributed by atoms with Crippen molar-refractivity contribution in [3.8, 4) is 28.5 Å². The van der Waals surface area contributed by atoms with Crippen molar-refractivity contribution in [2.75, 3.05) is 12.4 Å². The molecule has 0 amide bonds. The topological polar surface area (TPSA) is 94.5 Å². The number of H-pyrrole nitrogens is 1. The normalized spacial score (nSPS) is 10.7. The fraction of sp³-hybridized carbons (Fsp3) is 0.0909. The summed E-state index contributed by atoms with van der Waals surface area (Å²) in [6.45, 7) is 1.85. The lowest BCUT2D eigenvalue weighted by Crippen LogP contribution is -2.04. The van der Waals surface area contributed by atoms with E-state index in [-0.39, 0.29) is 16.6 Å². The van der Waals surface area contributed by atoms with E-state index in [1.807, 2.05) is 25.1 Å². The van der Waals surface area contributed by atoms with Gasteiger partial charge >= 0.3 is 0 Å². The first-order chi connectivity index (χ1) is 14.0. The Balaban J connectivity index is 2.12. The van der Waals surface area contributed by atoms with E-state index in [0.29, 0.717) is 28.1 Å². The van der Waals surface area contributed by atoms with E-state index in [2.05, 4.69) is 20.3 Å². The fourth-order valence-corrected chi connectivity index (χ4v) is 3.28. The Bertz CT molecular complexity index is 1350. The fourth-order valence-electron chi connectivity index (χ4n) is 3.28. The molecule has 1 aromatic carbocycles. The summed E-state index contributed by atoms with van der Waals surface area (Å²) in [5, 5.41) is 12.6. The Morgan fingerprint density at radius 3 is 2.72 bits per heavy atom. The second kappa shape index (κ2) is 7.17. The minimum absolute atomic E-state index is 0.0706. The van der Waals surface area contributed by atoms with Crippen LogP contribution < -0.4 is 10.7 Å². The van der Waals surface area contributed by atoms with Gasteiger partial charge in [-0.25, -0.2) is 14.4 Å². The van der Waals surface area contributed by atoms with Crippen LogP contribution in [0.15, 0.2) is 53.5 Å². The van der Waals surface area contributed by atoms with Crippen LogP contribution in [0.1, 0.15) is 11.3 Å². The van der Waals surface area contributed by atoms with Crippen LogP contribution in [0.4, 0.5) is 10.2 Å².